The van der Waals surface area contributed by atoms with Crippen LogP contribution in [-0.2, 0) is 7.05 Å². The van der Waals surface area contributed by atoms with Crippen LogP contribution >= 0.6 is 0 Å². The minimum Gasteiger partial charge on any atom is -0.504 e. The number of phenolic OH excluding ortho intramolecular Hbond substituents is 1. The van der Waals surface area contributed by atoms with Crippen molar-refractivity contribution in [3.05, 3.63) is 42.3 Å². The number of aryl methyl sites for hydroxylation is 1. The summed E-state index contributed by atoms with van der Waals surface area (Å²) in [4.78, 5) is 11.4. The van der Waals surface area contributed by atoms with E-state index >= 15 is 0 Å². The molecule has 3 N–H and O–H groups in total. The van der Waals surface area contributed by atoms with Gasteiger partial charge >= 0.3 is 0 Å². The molecule has 3 aromatic heterocycles. The van der Waals surface area contributed by atoms with Gasteiger partial charge in [-0.2, -0.15) is 5.10 Å². The third-order valence-corrected chi connectivity index (χ3v) is 5.18. The van der Waals surface area contributed by atoms with E-state index in [4.69, 9.17) is 5.73 Å². The fraction of sp³-hybridized carbons (Fsp3) is 0.250. The summed E-state index contributed by atoms with van der Waals surface area (Å²) in [5, 5.41) is 15.0. The molecule has 4 aromatic rings. The Balaban J connectivity index is 1.58. The average molecular weight is 378 g/mol. The molecule has 0 radical (unpaired) electrons. The third-order valence-electron chi connectivity index (χ3n) is 5.18. The summed E-state index contributed by atoms with van der Waals surface area (Å²) in [6.45, 7) is 1.69. The lowest BCUT2D eigenvalue weighted by atomic mass is 10.1. The molecule has 0 bridgehead atoms. The number of phenols is 1. The Labute approximate surface area is 160 Å². The average Bonchev–Trinajstić information content (AvgIpc) is 3.29. The van der Waals surface area contributed by atoms with Gasteiger partial charge in [-0.3, -0.25) is 4.68 Å². The summed E-state index contributed by atoms with van der Waals surface area (Å²) < 4.78 is 16.1. The highest BCUT2D eigenvalue weighted by atomic mass is 19.1. The Morgan fingerprint density at radius 2 is 1.96 bits per heavy atom. The van der Waals surface area contributed by atoms with E-state index in [0.717, 1.165) is 30.8 Å². The van der Waals surface area contributed by atoms with Crippen molar-refractivity contribution in [2.24, 2.45) is 12.8 Å². The molecule has 8 heteroatoms. The molecule has 4 heterocycles. The van der Waals surface area contributed by atoms with Crippen molar-refractivity contribution in [2.45, 2.75) is 12.5 Å². The van der Waals surface area contributed by atoms with Crippen LogP contribution in [0.4, 0.5) is 10.2 Å². The molecular weight excluding hydrogens is 359 g/mol. The Morgan fingerprint density at radius 1 is 1.18 bits per heavy atom. The van der Waals surface area contributed by atoms with Gasteiger partial charge in [0.05, 0.1) is 16.7 Å². The van der Waals surface area contributed by atoms with E-state index in [-0.39, 0.29) is 11.6 Å². The first kappa shape index (κ1) is 16.9. The van der Waals surface area contributed by atoms with Gasteiger partial charge in [-0.1, -0.05) is 0 Å². The van der Waals surface area contributed by atoms with Crippen molar-refractivity contribution in [3.8, 4) is 17.0 Å². The van der Waals surface area contributed by atoms with Crippen LogP contribution in [0, 0.1) is 5.82 Å². The molecule has 1 fully saturated rings. The first-order valence-corrected chi connectivity index (χ1v) is 9.13. The minimum absolute atomic E-state index is 0.139. The second-order valence-corrected chi connectivity index (χ2v) is 7.23. The number of nitrogens with zero attached hydrogens (tertiary/aromatic N) is 5. The van der Waals surface area contributed by atoms with Crippen LogP contribution in [0.1, 0.15) is 6.42 Å². The molecule has 142 valence electrons. The molecule has 1 saturated heterocycles. The third kappa shape index (κ3) is 2.65. The zero-order valence-electron chi connectivity index (χ0n) is 15.3. The monoisotopic (exact) mass is 378 g/mol. The Morgan fingerprint density at radius 3 is 2.75 bits per heavy atom. The molecular formula is C20H19FN6O. The lowest BCUT2D eigenvalue weighted by molar-refractivity contribution is 0.437. The van der Waals surface area contributed by atoms with Crippen molar-refractivity contribution >= 4 is 27.8 Å². The van der Waals surface area contributed by atoms with Crippen LogP contribution in [0.2, 0.25) is 0 Å². The maximum Gasteiger partial charge on any atom is 0.193 e. The summed E-state index contributed by atoms with van der Waals surface area (Å²) in [5.41, 5.74) is 8.35. The molecule has 5 rings (SSSR count). The summed E-state index contributed by atoms with van der Waals surface area (Å²) >= 11 is 0. The number of nitrogens with two attached hydrogens (primary N) is 1. The number of anilines is 1. The number of pyridine rings is 2. The van der Waals surface area contributed by atoms with Crippen LogP contribution in [0.15, 0.2) is 36.5 Å². The number of hydrogen-bond donors (Lipinski definition) is 2. The van der Waals surface area contributed by atoms with E-state index < -0.39 is 11.6 Å². The molecule has 0 unspecified atom stereocenters. The number of halogens is 1. The maximum atomic E-state index is 14.5. The zero-order chi connectivity index (χ0) is 19.4. The van der Waals surface area contributed by atoms with Crippen LogP contribution in [-0.4, -0.2) is 44.0 Å². The quantitative estimate of drug-likeness (QED) is 0.557. The zero-order valence-corrected chi connectivity index (χ0v) is 15.3. The molecule has 0 saturated carbocycles. The van der Waals surface area contributed by atoms with E-state index in [1.54, 1.807) is 25.4 Å². The van der Waals surface area contributed by atoms with Gasteiger partial charge in [-0.25, -0.2) is 14.4 Å². The minimum atomic E-state index is -0.742. The predicted molar refractivity (Wildman–Crippen MR) is 106 cm³/mol. The van der Waals surface area contributed by atoms with Crippen LogP contribution in [0.25, 0.3) is 33.2 Å². The largest absolute Gasteiger partial charge is 0.504 e. The van der Waals surface area contributed by atoms with Crippen molar-refractivity contribution < 1.29 is 9.50 Å². The van der Waals surface area contributed by atoms with E-state index in [1.807, 2.05) is 18.2 Å². The highest BCUT2D eigenvalue weighted by Gasteiger charge is 2.21. The number of benzene rings is 1. The molecule has 0 amide bonds. The number of rotatable bonds is 2. The van der Waals surface area contributed by atoms with Crippen molar-refractivity contribution in [3.63, 3.8) is 0 Å². The Bertz CT molecular complexity index is 1220. The standard InChI is InChI=1S/C20H19FN6O/c1-26-9-11-8-13(20(28)18(21)19(11)25-26)14-2-3-16-15(23-14)4-5-17(24-16)27-7-6-12(22)10-27/h2-5,8-9,12,28H,6-7,10,22H2,1H3/t12-/m1/s1. The number of hydrogen-bond acceptors (Lipinski definition) is 6. The second-order valence-electron chi connectivity index (χ2n) is 7.23. The highest BCUT2D eigenvalue weighted by molar-refractivity contribution is 5.89. The first-order valence-electron chi connectivity index (χ1n) is 9.13. The van der Waals surface area contributed by atoms with E-state index in [1.165, 1.54) is 4.68 Å². The molecule has 28 heavy (non-hydrogen) atoms. The fourth-order valence-corrected chi connectivity index (χ4v) is 3.75. The fourth-order valence-electron chi connectivity index (χ4n) is 3.75. The van der Waals surface area contributed by atoms with Gasteiger partial charge in [-0.05, 0) is 36.8 Å². The summed E-state index contributed by atoms with van der Waals surface area (Å²) in [6.07, 6.45) is 2.66. The van der Waals surface area contributed by atoms with Gasteiger partial charge in [0, 0.05) is 43.3 Å². The lowest BCUT2D eigenvalue weighted by Crippen LogP contribution is -2.26. The second kappa shape index (κ2) is 6.13. The van der Waals surface area contributed by atoms with Crippen LogP contribution in [0.3, 0.4) is 0 Å². The smallest absolute Gasteiger partial charge is 0.193 e. The maximum absolute atomic E-state index is 14.5. The summed E-state index contributed by atoms with van der Waals surface area (Å²) in [7, 11) is 1.71. The van der Waals surface area contributed by atoms with Crippen molar-refractivity contribution in [1.29, 1.82) is 0 Å². The van der Waals surface area contributed by atoms with Gasteiger partial charge < -0.3 is 15.7 Å². The van der Waals surface area contributed by atoms with Gasteiger partial charge in [0.25, 0.3) is 0 Å². The predicted octanol–water partition coefficient (Wildman–Crippen LogP) is 2.57. The Hall–Kier alpha value is -3.26. The SMILES string of the molecule is Cn1cc2cc(-c3ccc4nc(N5CC[C@@H](N)C5)ccc4n3)c(O)c(F)c2n1. The first-order chi connectivity index (χ1) is 13.5. The Kier molecular flexibility index (Phi) is 3.70. The lowest BCUT2D eigenvalue weighted by Gasteiger charge is -2.17. The normalized spacial score (nSPS) is 17.1. The van der Waals surface area contributed by atoms with E-state index in [0.29, 0.717) is 22.2 Å². The molecule has 0 spiro atoms. The molecule has 7 nitrogen and oxygen atoms in total. The van der Waals surface area contributed by atoms with Crippen LogP contribution in [0.5, 0.6) is 5.75 Å². The molecule has 1 atom stereocenters. The highest BCUT2D eigenvalue weighted by Crippen LogP contribution is 2.36. The summed E-state index contributed by atoms with van der Waals surface area (Å²) in [6, 6.07) is 9.26. The molecule has 1 aliphatic heterocycles. The van der Waals surface area contributed by atoms with Gasteiger partial charge in [-0.15, -0.1) is 0 Å². The molecule has 1 aromatic carbocycles. The van der Waals surface area contributed by atoms with Gasteiger partial charge in [0.2, 0.25) is 0 Å². The van der Waals surface area contributed by atoms with E-state index in [2.05, 4.69) is 20.0 Å². The molecule has 1 aliphatic rings. The van der Waals surface area contributed by atoms with Gasteiger partial charge in [0.15, 0.2) is 11.6 Å². The van der Waals surface area contributed by atoms with Gasteiger partial charge in [0.1, 0.15) is 11.3 Å². The van der Waals surface area contributed by atoms with Crippen molar-refractivity contribution in [1.82, 2.24) is 19.7 Å². The topological polar surface area (TPSA) is 93.1 Å². The number of aromatic nitrogens is 4. The molecule has 0 aliphatic carbocycles. The number of aromatic hydroxyl groups is 1. The van der Waals surface area contributed by atoms with E-state index in [9.17, 15) is 9.50 Å². The summed E-state index contributed by atoms with van der Waals surface area (Å²) in [5.74, 6) is -0.316. The van der Waals surface area contributed by atoms with Crippen LogP contribution < -0.4 is 10.6 Å². The number of fused-ring (bicyclic) bond motifs is 2. The van der Waals surface area contributed by atoms with Crippen molar-refractivity contribution in [2.75, 3.05) is 18.0 Å².